The number of aromatic nitrogens is 10. The number of nitrogens with zero attached hydrogens (tertiary/aromatic N) is 10. The van der Waals surface area contributed by atoms with E-state index in [0.29, 0.717) is 53.0 Å². The van der Waals surface area contributed by atoms with Gasteiger partial charge in [0.2, 0.25) is 0 Å². The van der Waals surface area contributed by atoms with Crippen molar-refractivity contribution in [2.45, 2.75) is 56.9 Å². The van der Waals surface area contributed by atoms with Crippen molar-refractivity contribution < 1.29 is 50.4 Å². The Kier molecular flexibility index (Phi) is 14.2. The van der Waals surface area contributed by atoms with Gasteiger partial charge in [-0.2, -0.15) is 17.6 Å². The van der Waals surface area contributed by atoms with Gasteiger partial charge in [-0.25, -0.2) is 22.5 Å². The highest BCUT2D eigenvalue weighted by Gasteiger charge is 2.59. The van der Waals surface area contributed by atoms with Crippen LogP contribution in [-0.4, -0.2) is 73.8 Å². The number of aliphatic hydroxyl groups is 2. The number of tetrazole rings is 2. The molecule has 0 aliphatic rings. The maximum atomic E-state index is 15.9. The van der Waals surface area contributed by atoms with E-state index in [2.05, 4.69) is 41.0 Å². The van der Waals surface area contributed by atoms with Crippen LogP contribution in [0.5, 0.6) is 11.5 Å². The highest BCUT2D eigenvalue weighted by atomic mass is 19.3. The number of ether oxygens (including phenoxy) is 2. The predicted octanol–water partition coefficient (Wildman–Crippen LogP) is 8.35. The average molecular weight is 943 g/mol. The predicted molar refractivity (Wildman–Crippen MR) is 230 cm³/mol. The Morgan fingerprint density at radius 3 is 1.29 bits per heavy atom. The molecule has 2 N–H and O–H groups in total. The zero-order chi connectivity index (χ0) is 48.7. The summed E-state index contributed by atoms with van der Waals surface area (Å²) in [4.78, 5) is 7.78. The summed E-state index contributed by atoms with van der Waals surface area (Å²) in [7, 11) is 0. The number of hydrogen-bond acceptors (Lipinski definition) is 12. The SMILES string of the molecule is CCOc1ccc(-c2ccc(C(F)(F)[C@@](O)(Cn3cnnn3)c3ccc(C)cc3F)nc2)cc1.CCOc1ccc(-c2ccc(C(F)(F)[C@](O)(Cn3cnnn3)c3ccc(F)cc3F)nc2)cc1. The molecule has 0 aliphatic carbocycles. The van der Waals surface area contributed by atoms with Crippen molar-refractivity contribution >= 4 is 0 Å². The Morgan fingerprint density at radius 2 is 0.941 bits per heavy atom. The normalized spacial score (nSPS) is 13.5. The van der Waals surface area contributed by atoms with E-state index < -0.39 is 76.1 Å². The van der Waals surface area contributed by atoms with E-state index in [1.165, 1.54) is 30.6 Å². The van der Waals surface area contributed by atoms with Crippen LogP contribution < -0.4 is 9.47 Å². The fourth-order valence-electron chi connectivity index (χ4n) is 7.21. The zero-order valence-electron chi connectivity index (χ0n) is 36.4. The number of pyridine rings is 2. The van der Waals surface area contributed by atoms with Crippen LogP contribution in [-0.2, 0) is 36.1 Å². The van der Waals surface area contributed by atoms with Gasteiger partial charge in [0.05, 0.1) is 26.3 Å². The number of aryl methyl sites for hydroxylation is 1. The lowest BCUT2D eigenvalue weighted by molar-refractivity contribution is -0.207. The van der Waals surface area contributed by atoms with Crippen molar-refractivity contribution in [2.24, 2.45) is 0 Å². The third kappa shape index (κ3) is 10.0. The van der Waals surface area contributed by atoms with E-state index in [1.807, 2.05) is 13.8 Å². The van der Waals surface area contributed by atoms with E-state index >= 15 is 17.6 Å². The molecular weight excluding hydrogens is 902 g/mol. The van der Waals surface area contributed by atoms with Gasteiger partial charge in [0.1, 0.15) is 53.0 Å². The molecule has 0 saturated heterocycles. The number of hydrogen-bond donors (Lipinski definition) is 2. The molecule has 4 aromatic carbocycles. The molecule has 0 spiro atoms. The zero-order valence-corrected chi connectivity index (χ0v) is 36.4. The molecule has 68 heavy (non-hydrogen) atoms. The second-order valence-corrected chi connectivity index (χ2v) is 15.3. The molecule has 0 fully saturated rings. The lowest BCUT2D eigenvalue weighted by atomic mass is 9.84. The van der Waals surface area contributed by atoms with Gasteiger partial charge in [-0.15, -0.1) is 10.2 Å². The smallest absolute Gasteiger partial charge is 0.323 e. The van der Waals surface area contributed by atoms with Crippen molar-refractivity contribution in [3.05, 3.63) is 180 Å². The van der Waals surface area contributed by atoms with Gasteiger partial charge in [-0.05, 0) is 113 Å². The Hall–Kier alpha value is -7.65. The molecule has 0 saturated carbocycles. The van der Waals surface area contributed by atoms with Gasteiger partial charge in [-0.1, -0.05) is 48.5 Å². The molecule has 0 bridgehead atoms. The molecule has 0 amide bonds. The number of rotatable bonds is 16. The van der Waals surface area contributed by atoms with Gasteiger partial charge < -0.3 is 19.7 Å². The minimum absolute atomic E-state index is 0.415. The van der Waals surface area contributed by atoms with Crippen LogP contribution in [0.25, 0.3) is 22.3 Å². The highest BCUT2D eigenvalue weighted by Crippen LogP contribution is 2.48. The topological polar surface area (TPSA) is 172 Å². The molecule has 8 aromatic rings. The van der Waals surface area contributed by atoms with E-state index in [1.54, 1.807) is 55.5 Å². The molecule has 0 radical (unpaired) electrons. The molecule has 14 nitrogen and oxygen atoms in total. The first-order chi connectivity index (χ1) is 32.5. The van der Waals surface area contributed by atoms with E-state index in [4.69, 9.17) is 9.47 Å². The second kappa shape index (κ2) is 20.1. The molecule has 0 aliphatic heterocycles. The monoisotopic (exact) mass is 942 g/mol. The third-order valence-electron chi connectivity index (χ3n) is 10.7. The third-order valence-corrected chi connectivity index (χ3v) is 10.7. The standard InChI is InChI=1S/C24H22F3N5O2.C23H19F4N5O2/c1-3-34-19-8-5-17(6-9-19)18-7-11-22(28-13-18)24(26,27)23(33,14-32-15-29-30-31-32)20-10-4-16(2)12-21(20)25;1-2-34-18-7-3-15(4-8-18)16-5-10-21(28-12-16)23(26,27)22(33,13-32-14-29-30-31-32)19-9-6-17(24)11-20(19)25/h4-13,15,33H,3,14H2,1-2H3;3-12,14,33H,2,13H2,1H3/t23-;22-/m10/s1. The lowest BCUT2D eigenvalue weighted by Gasteiger charge is -2.35. The minimum Gasteiger partial charge on any atom is -0.494 e. The Balaban J connectivity index is 0.000000201. The van der Waals surface area contributed by atoms with Crippen LogP contribution in [0, 0.1) is 24.4 Å². The molecule has 352 valence electrons. The van der Waals surface area contributed by atoms with Crippen molar-refractivity contribution in [1.82, 2.24) is 50.4 Å². The molecule has 2 atom stereocenters. The van der Waals surface area contributed by atoms with Gasteiger partial charge >= 0.3 is 11.8 Å². The van der Waals surface area contributed by atoms with Gasteiger partial charge in [0.15, 0.2) is 11.2 Å². The summed E-state index contributed by atoms with van der Waals surface area (Å²) in [5, 5.41) is 43.1. The summed E-state index contributed by atoms with van der Waals surface area (Å²) >= 11 is 0. The maximum Gasteiger partial charge on any atom is 0.323 e. The van der Waals surface area contributed by atoms with E-state index in [-0.39, 0.29) is 0 Å². The summed E-state index contributed by atoms with van der Waals surface area (Å²) in [5.41, 5.74) is -6.05. The fourth-order valence-corrected chi connectivity index (χ4v) is 7.21. The Labute approximate surface area is 383 Å². The Morgan fingerprint density at radius 1 is 0.529 bits per heavy atom. The maximum absolute atomic E-state index is 15.9. The first-order valence-corrected chi connectivity index (χ1v) is 20.7. The molecule has 4 aromatic heterocycles. The van der Waals surface area contributed by atoms with E-state index in [0.717, 1.165) is 64.0 Å². The Bertz CT molecular complexity index is 2700. The van der Waals surface area contributed by atoms with Crippen molar-refractivity contribution in [3.63, 3.8) is 0 Å². The van der Waals surface area contributed by atoms with Crippen LogP contribution in [0.2, 0.25) is 0 Å². The molecule has 21 heteroatoms. The quantitative estimate of drug-likeness (QED) is 0.0889. The molecule has 0 unspecified atom stereocenters. The summed E-state index contributed by atoms with van der Waals surface area (Å²) in [6.07, 6.45) is 4.56. The highest BCUT2D eigenvalue weighted by molar-refractivity contribution is 5.64. The lowest BCUT2D eigenvalue weighted by Crippen LogP contribution is -2.48. The van der Waals surface area contributed by atoms with Crippen molar-refractivity contribution in [1.29, 1.82) is 0 Å². The fraction of sp³-hybridized carbons (Fsp3) is 0.234. The average Bonchev–Trinajstić information content (AvgIpc) is 4.05. The van der Waals surface area contributed by atoms with Crippen LogP contribution in [0.15, 0.2) is 134 Å². The van der Waals surface area contributed by atoms with Crippen LogP contribution in [0.3, 0.4) is 0 Å². The number of benzene rings is 4. The van der Waals surface area contributed by atoms with E-state index in [9.17, 15) is 23.4 Å². The largest absolute Gasteiger partial charge is 0.494 e. The first kappa shape index (κ1) is 48.3. The number of halogens is 7. The minimum atomic E-state index is -4.12. The van der Waals surface area contributed by atoms with Crippen LogP contribution in [0.4, 0.5) is 30.7 Å². The first-order valence-electron chi connectivity index (χ1n) is 20.7. The molecule has 8 rings (SSSR count). The summed E-state index contributed by atoms with van der Waals surface area (Å²) < 4.78 is 119. The summed E-state index contributed by atoms with van der Waals surface area (Å²) in [6, 6.07) is 24.7. The van der Waals surface area contributed by atoms with Crippen molar-refractivity contribution in [3.8, 4) is 33.8 Å². The number of alkyl halides is 4. The molecular formula is C47H41F7N10O4. The van der Waals surface area contributed by atoms with Crippen LogP contribution >= 0.6 is 0 Å². The summed E-state index contributed by atoms with van der Waals surface area (Å²) in [5.74, 6) is -10.1. The summed E-state index contributed by atoms with van der Waals surface area (Å²) in [6.45, 7) is 4.67. The van der Waals surface area contributed by atoms with Gasteiger partial charge in [-0.3, -0.25) is 9.97 Å². The van der Waals surface area contributed by atoms with Crippen molar-refractivity contribution in [2.75, 3.05) is 13.2 Å². The van der Waals surface area contributed by atoms with Gasteiger partial charge in [0, 0.05) is 40.7 Å². The van der Waals surface area contributed by atoms with Gasteiger partial charge in [0.25, 0.3) is 0 Å². The van der Waals surface area contributed by atoms with Crippen LogP contribution in [0.1, 0.15) is 41.9 Å². The second-order valence-electron chi connectivity index (χ2n) is 15.3. The molecule has 4 heterocycles.